The van der Waals surface area contributed by atoms with E-state index in [9.17, 15) is 0 Å². The number of rotatable bonds is 2. The van der Waals surface area contributed by atoms with Crippen LogP contribution in [0, 0.1) is 0 Å². The molecule has 0 aromatic carbocycles. The van der Waals surface area contributed by atoms with E-state index >= 15 is 0 Å². The summed E-state index contributed by atoms with van der Waals surface area (Å²) >= 11 is 8.27. The Kier molecular flexibility index (Phi) is 4.38. The summed E-state index contributed by atoms with van der Waals surface area (Å²) in [6, 6.07) is 0.479. The van der Waals surface area contributed by atoms with Crippen LogP contribution in [0.5, 0.6) is 0 Å². The SMILES string of the molecule is CC(C)c1c(Cl)ncnc1N1CCSC(C)C1C. The molecular formula is C13H20ClN3S. The standard InChI is InChI=1S/C13H20ClN3S/c1-8(2)11-12(14)15-7-16-13(11)17-5-6-18-10(4)9(17)3/h7-10H,5-6H2,1-4H3. The second-order valence-corrected chi connectivity index (χ2v) is 6.91. The maximum absolute atomic E-state index is 6.24. The van der Waals surface area contributed by atoms with Gasteiger partial charge in [-0.2, -0.15) is 11.8 Å². The van der Waals surface area contributed by atoms with Crippen molar-refractivity contribution in [1.82, 2.24) is 9.97 Å². The Morgan fingerprint density at radius 3 is 2.78 bits per heavy atom. The van der Waals surface area contributed by atoms with Crippen LogP contribution in [-0.2, 0) is 0 Å². The molecule has 2 rings (SSSR count). The zero-order valence-corrected chi connectivity index (χ0v) is 12.9. The van der Waals surface area contributed by atoms with Crippen LogP contribution in [0.4, 0.5) is 5.82 Å². The van der Waals surface area contributed by atoms with Gasteiger partial charge in [0, 0.05) is 29.2 Å². The van der Waals surface area contributed by atoms with Gasteiger partial charge in [0.25, 0.3) is 0 Å². The van der Waals surface area contributed by atoms with Crippen molar-refractivity contribution in [1.29, 1.82) is 0 Å². The highest BCUT2D eigenvalue weighted by Crippen LogP contribution is 2.35. The molecular weight excluding hydrogens is 266 g/mol. The summed E-state index contributed by atoms with van der Waals surface area (Å²) in [5.74, 6) is 2.50. The van der Waals surface area contributed by atoms with Gasteiger partial charge < -0.3 is 4.90 Å². The van der Waals surface area contributed by atoms with Gasteiger partial charge in [-0.1, -0.05) is 32.4 Å². The predicted molar refractivity (Wildman–Crippen MR) is 79.9 cm³/mol. The number of thioether (sulfide) groups is 1. The van der Waals surface area contributed by atoms with Crippen molar-refractivity contribution in [3.05, 3.63) is 17.0 Å². The number of aromatic nitrogens is 2. The molecule has 0 aliphatic carbocycles. The van der Waals surface area contributed by atoms with E-state index in [1.807, 2.05) is 11.8 Å². The number of hydrogen-bond acceptors (Lipinski definition) is 4. The van der Waals surface area contributed by atoms with E-state index in [0.717, 1.165) is 23.7 Å². The third-order valence-electron chi connectivity index (χ3n) is 3.55. The van der Waals surface area contributed by atoms with Gasteiger partial charge in [-0.15, -0.1) is 0 Å². The Morgan fingerprint density at radius 2 is 2.11 bits per heavy atom. The first-order valence-electron chi connectivity index (χ1n) is 6.41. The minimum absolute atomic E-state index is 0.339. The zero-order valence-electron chi connectivity index (χ0n) is 11.4. The van der Waals surface area contributed by atoms with Gasteiger partial charge in [0.1, 0.15) is 17.3 Å². The first-order chi connectivity index (χ1) is 8.52. The zero-order chi connectivity index (χ0) is 13.3. The van der Waals surface area contributed by atoms with Crippen molar-refractivity contribution in [3.8, 4) is 0 Å². The van der Waals surface area contributed by atoms with E-state index in [0.29, 0.717) is 22.4 Å². The average Bonchev–Trinajstić information content (AvgIpc) is 2.32. The maximum atomic E-state index is 6.24. The minimum Gasteiger partial charge on any atom is -0.352 e. The third-order valence-corrected chi connectivity index (χ3v) is 5.19. The van der Waals surface area contributed by atoms with Crippen molar-refractivity contribution >= 4 is 29.2 Å². The lowest BCUT2D eigenvalue weighted by atomic mass is 10.0. The molecule has 1 aliphatic rings. The molecule has 1 aliphatic heterocycles. The lowest BCUT2D eigenvalue weighted by molar-refractivity contribution is 0.613. The van der Waals surface area contributed by atoms with Gasteiger partial charge in [0.2, 0.25) is 0 Å². The fraction of sp³-hybridized carbons (Fsp3) is 0.692. The topological polar surface area (TPSA) is 29.0 Å². The molecule has 1 fully saturated rings. The molecule has 2 unspecified atom stereocenters. The van der Waals surface area contributed by atoms with Gasteiger partial charge in [-0.05, 0) is 12.8 Å². The fourth-order valence-corrected chi connectivity index (χ4v) is 3.77. The Bertz CT molecular complexity index is 425. The Balaban J connectivity index is 2.41. The lowest BCUT2D eigenvalue weighted by Crippen LogP contribution is -2.45. The maximum Gasteiger partial charge on any atom is 0.138 e. The van der Waals surface area contributed by atoms with E-state index in [-0.39, 0.29) is 0 Å². The second kappa shape index (κ2) is 5.66. The van der Waals surface area contributed by atoms with E-state index in [1.165, 1.54) is 0 Å². The summed E-state index contributed by atoms with van der Waals surface area (Å²) in [6.07, 6.45) is 1.57. The average molecular weight is 286 g/mol. The molecule has 2 heterocycles. The van der Waals surface area contributed by atoms with Crippen molar-refractivity contribution in [2.75, 3.05) is 17.2 Å². The van der Waals surface area contributed by atoms with Crippen LogP contribution < -0.4 is 4.90 Å². The first-order valence-corrected chi connectivity index (χ1v) is 7.83. The summed E-state index contributed by atoms with van der Waals surface area (Å²) < 4.78 is 0. The molecule has 5 heteroatoms. The van der Waals surface area contributed by atoms with Crippen molar-refractivity contribution in [2.45, 2.75) is 44.9 Å². The summed E-state index contributed by atoms with van der Waals surface area (Å²) in [5.41, 5.74) is 1.07. The molecule has 3 nitrogen and oxygen atoms in total. The number of anilines is 1. The van der Waals surface area contributed by atoms with Gasteiger partial charge in [0.05, 0.1) is 0 Å². The molecule has 18 heavy (non-hydrogen) atoms. The van der Waals surface area contributed by atoms with Crippen LogP contribution in [0.25, 0.3) is 0 Å². The van der Waals surface area contributed by atoms with Gasteiger partial charge in [0.15, 0.2) is 0 Å². The Labute approximate surface area is 118 Å². The predicted octanol–water partition coefficient (Wildman–Crippen LogP) is 3.58. The quantitative estimate of drug-likeness (QED) is 0.777. The molecule has 100 valence electrons. The fourth-order valence-electron chi connectivity index (χ4n) is 2.32. The van der Waals surface area contributed by atoms with Crippen LogP contribution in [0.2, 0.25) is 5.15 Å². The van der Waals surface area contributed by atoms with E-state index in [4.69, 9.17) is 11.6 Å². The molecule has 1 aromatic rings. The molecule has 0 spiro atoms. The Hall–Kier alpha value is -0.480. The van der Waals surface area contributed by atoms with Crippen molar-refractivity contribution in [2.24, 2.45) is 0 Å². The summed E-state index contributed by atoms with van der Waals surface area (Å²) in [6.45, 7) is 9.85. The normalized spacial score (nSPS) is 24.7. The van der Waals surface area contributed by atoms with Crippen molar-refractivity contribution < 1.29 is 0 Å². The Morgan fingerprint density at radius 1 is 1.39 bits per heavy atom. The molecule has 0 N–H and O–H groups in total. The molecule has 0 amide bonds. The second-order valence-electron chi connectivity index (χ2n) is 5.07. The number of halogens is 1. The van der Waals surface area contributed by atoms with Crippen LogP contribution >= 0.6 is 23.4 Å². The molecule has 1 saturated heterocycles. The first kappa shape index (κ1) is 13.9. The van der Waals surface area contributed by atoms with Gasteiger partial charge >= 0.3 is 0 Å². The van der Waals surface area contributed by atoms with E-state index in [2.05, 4.69) is 42.6 Å². The van der Waals surface area contributed by atoms with Crippen LogP contribution in [0.1, 0.15) is 39.2 Å². The lowest BCUT2D eigenvalue weighted by Gasteiger charge is -2.39. The molecule has 0 radical (unpaired) electrons. The van der Waals surface area contributed by atoms with Crippen LogP contribution in [0.15, 0.2) is 6.33 Å². The van der Waals surface area contributed by atoms with Crippen molar-refractivity contribution in [3.63, 3.8) is 0 Å². The third kappa shape index (κ3) is 2.59. The molecule has 2 atom stereocenters. The highest BCUT2D eigenvalue weighted by Gasteiger charge is 2.29. The summed E-state index contributed by atoms with van der Waals surface area (Å²) in [4.78, 5) is 11.0. The van der Waals surface area contributed by atoms with Crippen LogP contribution in [0.3, 0.4) is 0 Å². The van der Waals surface area contributed by atoms with E-state index < -0.39 is 0 Å². The monoisotopic (exact) mass is 285 g/mol. The van der Waals surface area contributed by atoms with Crippen LogP contribution in [-0.4, -0.2) is 33.6 Å². The molecule has 0 saturated carbocycles. The minimum atomic E-state index is 0.339. The number of hydrogen-bond donors (Lipinski definition) is 0. The smallest absolute Gasteiger partial charge is 0.138 e. The van der Waals surface area contributed by atoms with E-state index in [1.54, 1.807) is 6.33 Å². The van der Waals surface area contributed by atoms with Gasteiger partial charge in [-0.25, -0.2) is 9.97 Å². The molecule has 0 bridgehead atoms. The number of nitrogens with zero attached hydrogens (tertiary/aromatic N) is 3. The summed E-state index contributed by atoms with van der Waals surface area (Å²) in [5, 5.41) is 1.21. The summed E-state index contributed by atoms with van der Waals surface area (Å²) in [7, 11) is 0. The molecule has 1 aromatic heterocycles. The largest absolute Gasteiger partial charge is 0.352 e. The highest BCUT2D eigenvalue weighted by atomic mass is 35.5. The highest BCUT2D eigenvalue weighted by molar-refractivity contribution is 8.00. The van der Waals surface area contributed by atoms with Gasteiger partial charge in [-0.3, -0.25) is 0 Å².